The summed E-state index contributed by atoms with van der Waals surface area (Å²) in [6, 6.07) is 4.91. The molecule has 1 N–H and O–H groups in total. The van der Waals surface area contributed by atoms with Gasteiger partial charge in [-0.2, -0.15) is 5.10 Å². The number of nitrogens with zero attached hydrogens (tertiary/aromatic N) is 2. The van der Waals surface area contributed by atoms with Gasteiger partial charge in [-0.1, -0.05) is 12.1 Å². The van der Waals surface area contributed by atoms with Gasteiger partial charge in [0, 0.05) is 12.1 Å². The predicted molar refractivity (Wildman–Crippen MR) is 71.5 cm³/mol. The summed E-state index contributed by atoms with van der Waals surface area (Å²) in [7, 11) is 3.82. The number of carbonyl (C=O) groups excluding carboxylic acids is 1. The van der Waals surface area contributed by atoms with Crippen molar-refractivity contribution in [3.8, 4) is 11.3 Å². The van der Waals surface area contributed by atoms with E-state index in [1.807, 2.05) is 25.1 Å². The van der Waals surface area contributed by atoms with Crippen molar-refractivity contribution in [1.82, 2.24) is 15.1 Å². The molecule has 4 nitrogen and oxygen atoms in total. The van der Waals surface area contributed by atoms with Gasteiger partial charge in [0.15, 0.2) is 6.29 Å². The van der Waals surface area contributed by atoms with Gasteiger partial charge in [-0.15, -0.1) is 0 Å². The average Bonchev–Trinajstić information content (AvgIpc) is 2.69. The lowest BCUT2D eigenvalue weighted by Gasteiger charge is -2.14. The molecule has 0 bridgehead atoms. The monoisotopic (exact) mass is 261 g/mol. The highest BCUT2D eigenvalue weighted by Gasteiger charge is 2.18. The van der Waals surface area contributed by atoms with Crippen molar-refractivity contribution in [1.29, 1.82) is 0 Å². The molecule has 2 rings (SSSR count). The van der Waals surface area contributed by atoms with Crippen LogP contribution >= 0.6 is 0 Å². The number of aromatic amines is 1. The first-order chi connectivity index (χ1) is 9.04. The van der Waals surface area contributed by atoms with Crippen LogP contribution in [0.2, 0.25) is 0 Å². The van der Waals surface area contributed by atoms with E-state index in [0.29, 0.717) is 35.3 Å². The fourth-order valence-electron chi connectivity index (χ4n) is 2.10. The van der Waals surface area contributed by atoms with Crippen molar-refractivity contribution in [2.75, 3.05) is 14.1 Å². The first kappa shape index (κ1) is 13.4. The quantitative estimate of drug-likeness (QED) is 0.860. The highest BCUT2D eigenvalue weighted by atomic mass is 19.1. The van der Waals surface area contributed by atoms with E-state index in [9.17, 15) is 9.18 Å². The average molecular weight is 261 g/mol. The Kier molecular flexibility index (Phi) is 3.76. The summed E-state index contributed by atoms with van der Waals surface area (Å²) in [5.41, 5.74) is 2.66. The molecule has 19 heavy (non-hydrogen) atoms. The maximum atomic E-state index is 14.1. The highest BCUT2D eigenvalue weighted by Crippen LogP contribution is 2.29. The third kappa shape index (κ3) is 2.56. The van der Waals surface area contributed by atoms with E-state index in [-0.39, 0.29) is 5.82 Å². The zero-order chi connectivity index (χ0) is 14.0. The SMILES string of the molecule is Cc1n[nH]c(-c2c(F)cccc2CN(C)C)c1C=O. The second-order valence-electron chi connectivity index (χ2n) is 4.73. The smallest absolute Gasteiger partial charge is 0.154 e. The fourth-order valence-corrected chi connectivity index (χ4v) is 2.10. The van der Waals surface area contributed by atoms with E-state index in [1.54, 1.807) is 13.0 Å². The minimum atomic E-state index is -0.355. The molecule has 5 heteroatoms. The van der Waals surface area contributed by atoms with Gasteiger partial charge in [0.1, 0.15) is 5.82 Å². The zero-order valence-electron chi connectivity index (χ0n) is 11.2. The summed E-state index contributed by atoms with van der Waals surface area (Å²) < 4.78 is 14.1. The summed E-state index contributed by atoms with van der Waals surface area (Å²) in [5.74, 6) is -0.355. The number of nitrogens with one attached hydrogen (secondary N) is 1. The first-order valence-electron chi connectivity index (χ1n) is 5.97. The van der Waals surface area contributed by atoms with Crippen molar-refractivity contribution in [2.24, 2.45) is 0 Å². The Bertz CT molecular complexity index is 605. The maximum Gasteiger partial charge on any atom is 0.154 e. The number of aryl methyl sites for hydroxylation is 1. The largest absolute Gasteiger partial charge is 0.305 e. The van der Waals surface area contributed by atoms with E-state index < -0.39 is 0 Å². The highest BCUT2D eigenvalue weighted by molar-refractivity contribution is 5.88. The van der Waals surface area contributed by atoms with Crippen LogP contribution in [0.1, 0.15) is 21.6 Å². The van der Waals surface area contributed by atoms with Crippen LogP contribution in [0.25, 0.3) is 11.3 Å². The summed E-state index contributed by atoms with van der Waals surface area (Å²) in [6.45, 7) is 2.31. The molecule has 1 aromatic heterocycles. The number of hydrogen-bond donors (Lipinski definition) is 1. The molecule has 0 aliphatic rings. The van der Waals surface area contributed by atoms with Crippen molar-refractivity contribution in [2.45, 2.75) is 13.5 Å². The Morgan fingerprint density at radius 3 is 2.79 bits per heavy atom. The van der Waals surface area contributed by atoms with Crippen LogP contribution in [0.4, 0.5) is 4.39 Å². The first-order valence-corrected chi connectivity index (χ1v) is 5.97. The number of aromatic nitrogens is 2. The number of benzene rings is 1. The van der Waals surface area contributed by atoms with Crippen LogP contribution < -0.4 is 0 Å². The minimum Gasteiger partial charge on any atom is -0.305 e. The molecule has 100 valence electrons. The molecule has 2 aromatic rings. The molecule has 0 aliphatic heterocycles. The zero-order valence-corrected chi connectivity index (χ0v) is 11.2. The summed E-state index contributed by atoms with van der Waals surface area (Å²) in [6.07, 6.45) is 0.708. The maximum absolute atomic E-state index is 14.1. The third-order valence-corrected chi connectivity index (χ3v) is 2.95. The van der Waals surface area contributed by atoms with E-state index in [1.165, 1.54) is 6.07 Å². The molecule has 0 atom stereocenters. The summed E-state index contributed by atoms with van der Waals surface area (Å²) in [4.78, 5) is 13.1. The molecule has 0 fully saturated rings. The number of hydrogen-bond acceptors (Lipinski definition) is 3. The summed E-state index contributed by atoms with van der Waals surface area (Å²) >= 11 is 0. The van der Waals surface area contributed by atoms with Gasteiger partial charge < -0.3 is 4.90 Å². The normalized spacial score (nSPS) is 11.0. The molecule has 0 unspecified atom stereocenters. The topological polar surface area (TPSA) is 49.0 Å². The molecule has 0 spiro atoms. The van der Waals surface area contributed by atoms with Gasteiger partial charge in [0.05, 0.1) is 17.0 Å². The van der Waals surface area contributed by atoms with Crippen LogP contribution in [-0.2, 0) is 6.54 Å². The van der Waals surface area contributed by atoms with Gasteiger partial charge in [-0.25, -0.2) is 4.39 Å². The molecule has 0 amide bonds. The summed E-state index contributed by atoms with van der Waals surface area (Å²) in [5, 5.41) is 6.74. The van der Waals surface area contributed by atoms with Gasteiger partial charge in [0.2, 0.25) is 0 Å². The van der Waals surface area contributed by atoms with Crippen LogP contribution in [0.15, 0.2) is 18.2 Å². The Balaban J connectivity index is 2.63. The number of carbonyl (C=O) groups is 1. The Labute approximate surface area is 111 Å². The van der Waals surface area contributed by atoms with Crippen LogP contribution in [0, 0.1) is 12.7 Å². The number of halogens is 1. The molecule has 0 aliphatic carbocycles. The second kappa shape index (κ2) is 5.32. The number of rotatable bonds is 4. The lowest BCUT2D eigenvalue weighted by atomic mass is 10.00. The van der Waals surface area contributed by atoms with Gasteiger partial charge in [-0.05, 0) is 32.6 Å². The van der Waals surface area contributed by atoms with Crippen LogP contribution in [0.3, 0.4) is 0 Å². The van der Waals surface area contributed by atoms with Gasteiger partial charge in [0.25, 0.3) is 0 Å². The second-order valence-corrected chi connectivity index (χ2v) is 4.73. The molecule has 0 saturated carbocycles. The van der Waals surface area contributed by atoms with Crippen molar-refractivity contribution >= 4 is 6.29 Å². The van der Waals surface area contributed by atoms with Crippen LogP contribution in [0.5, 0.6) is 0 Å². The van der Waals surface area contributed by atoms with E-state index >= 15 is 0 Å². The Morgan fingerprint density at radius 1 is 1.42 bits per heavy atom. The van der Waals surface area contributed by atoms with Crippen LogP contribution in [-0.4, -0.2) is 35.5 Å². The lowest BCUT2D eigenvalue weighted by Crippen LogP contribution is -2.12. The molecule has 0 radical (unpaired) electrons. The molecular formula is C14H16FN3O. The number of aldehydes is 1. The van der Waals surface area contributed by atoms with Gasteiger partial charge >= 0.3 is 0 Å². The van der Waals surface area contributed by atoms with E-state index in [4.69, 9.17) is 0 Å². The van der Waals surface area contributed by atoms with Gasteiger partial charge in [-0.3, -0.25) is 9.89 Å². The third-order valence-electron chi connectivity index (χ3n) is 2.95. The van der Waals surface area contributed by atoms with E-state index in [2.05, 4.69) is 10.2 Å². The number of H-pyrrole nitrogens is 1. The van der Waals surface area contributed by atoms with Crippen molar-refractivity contribution < 1.29 is 9.18 Å². The lowest BCUT2D eigenvalue weighted by molar-refractivity contribution is 0.112. The van der Waals surface area contributed by atoms with E-state index in [0.717, 1.165) is 5.56 Å². The molecular weight excluding hydrogens is 245 g/mol. The van der Waals surface area contributed by atoms with Crippen molar-refractivity contribution in [3.05, 3.63) is 40.8 Å². The Hall–Kier alpha value is -2.01. The molecule has 1 heterocycles. The standard InChI is InChI=1S/C14H16FN3O/c1-9-11(8-19)14(17-16-9)13-10(7-18(2)3)5-4-6-12(13)15/h4-6,8H,7H2,1-3H3,(H,16,17). The molecule has 1 aromatic carbocycles. The van der Waals surface area contributed by atoms with Crippen molar-refractivity contribution in [3.63, 3.8) is 0 Å². The Morgan fingerprint density at radius 2 is 2.16 bits per heavy atom. The minimum absolute atomic E-state index is 0.355. The molecule has 0 saturated heterocycles. The predicted octanol–water partition coefficient (Wildman–Crippen LogP) is 2.40. The fraction of sp³-hybridized carbons (Fsp3) is 0.286.